The van der Waals surface area contributed by atoms with Crippen molar-refractivity contribution in [2.45, 2.75) is 6.54 Å². The van der Waals surface area contributed by atoms with Crippen molar-refractivity contribution in [3.8, 4) is 21.8 Å². The fourth-order valence-electron chi connectivity index (χ4n) is 2.00. The van der Waals surface area contributed by atoms with Crippen molar-refractivity contribution in [1.82, 2.24) is 4.98 Å². The van der Waals surface area contributed by atoms with Crippen LogP contribution in [0.2, 0.25) is 5.02 Å². The lowest BCUT2D eigenvalue weighted by Crippen LogP contribution is -1.95. The standard InChI is InChI=1S/C16H12ClFN2S/c17-12-5-6-14(18)13(7-12)16-20-15(9-21-16)11-3-1-10(8-19)2-4-11/h1-7,9H,8,19H2. The summed E-state index contributed by atoms with van der Waals surface area (Å²) < 4.78 is 13.9. The molecule has 0 aliphatic heterocycles. The molecule has 2 nitrogen and oxygen atoms in total. The van der Waals surface area contributed by atoms with E-state index in [-0.39, 0.29) is 5.82 Å². The average Bonchev–Trinajstić information content (AvgIpc) is 2.99. The lowest BCUT2D eigenvalue weighted by molar-refractivity contribution is 0.631. The van der Waals surface area contributed by atoms with Crippen molar-refractivity contribution in [3.05, 3.63) is 64.2 Å². The Kier molecular flexibility index (Phi) is 4.01. The molecule has 1 heterocycles. The summed E-state index contributed by atoms with van der Waals surface area (Å²) in [5.74, 6) is -0.321. The third-order valence-electron chi connectivity index (χ3n) is 3.15. The van der Waals surface area contributed by atoms with Crippen LogP contribution in [0.15, 0.2) is 47.8 Å². The van der Waals surface area contributed by atoms with Crippen molar-refractivity contribution in [3.63, 3.8) is 0 Å². The molecule has 0 fully saturated rings. The van der Waals surface area contributed by atoms with Gasteiger partial charge in [0.15, 0.2) is 0 Å². The average molecular weight is 319 g/mol. The van der Waals surface area contributed by atoms with Gasteiger partial charge in [0, 0.05) is 28.1 Å². The molecular formula is C16H12ClFN2S. The van der Waals surface area contributed by atoms with Crippen molar-refractivity contribution in [1.29, 1.82) is 0 Å². The predicted molar refractivity (Wildman–Crippen MR) is 85.8 cm³/mol. The monoisotopic (exact) mass is 318 g/mol. The van der Waals surface area contributed by atoms with Gasteiger partial charge in [0.2, 0.25) is 0 Å². The van der Waals surface area contributed by atoms with Gasteiger partial charge in [-0.05, 0) is 23.8 Å². The van der Waals surface area contributed by atoms with Gasteiger partial charge in [0.1, 0.15) is 10.8 Å². The second-order valence-electron chi connectivity index (χ2n) is 4.56. The summed E-state index contributed by atoms with van der Waals surface area (Å²) in [6, 6.07) is 12.3. The van der Waals surface area contributed by atoms with Gasteiger partial charge in [-0.15, -0.1) is 11.3 Å². The van der Waals surface area contributed by atoms with Crippen molar-refractivity contribution >= 4 is 22.9 Å². The molecule has 3 aromatic rings. The quantitative estimate of drug-likeness (QED) is 0.758. The maximum Gasteiger partial charge on any atom is 0.133 e. The Hall–Kier alpha value is -1.75. The first-order valence-electron chi connectivity index (χ1n) is 6.37. The molecule has 0 unspecified atom stereocenters. The van der Waals surface area contributed by atoms with Crippen LogP contribution in [-0.4, -0.2) is 4.98 Å². The lowest BCUT2D eigenvalue weighted by Gasteiger charge is -2.01. The molecule has 0 radical (unpaired) electrons. The number of benzene rings is 2. The normalized spacial score (nSPS) is 10.8. The number of rotatable bonds is 3. The molecule has 0 saturated heterocycles. The highest BCUT2D eigenvalue weighted by Crippen LogP contribution is 2.32. The van der Waals surface area contributed by atoms with Crippen LogP contribution >= 0.6 is 22.9 Å². The molecule has 3 rings (SSSR count). The third-order valence-corrected chi connectivity index (χ3v) is 4.26. The first kappa shape index (κ1) is 14.2. The van der Waals surface area contributed by atoms with Gasteiger partial charge in [-0.1, -0.05) is 35.9 Å². The molecule has 5 heteroatoms. The zero-order chi connectivity index (χ0) is 14.8. The topological polar surface area (TPSA) is 38.9 Å². The Morgan fingerprint density at radius 3 is 2.62 bits per heavy atom. The zero-order valence-corrected chi connectivity index (χ0v) is 12.6. The maximum atomic E-state index is 13.9. The smallest absolute Gasteiger partial charge is 0.133 e. The molecule has 21 heavy (non-hydrogen) atoms. The van der Waals surface area contributed by atoms with E-state index in [1.807, 2.05) is 29.6 Å². The van der Waals surface area contributed by atoms with Crippen molar-refractivity contribution in [2.75, 3.05) is 0 Å². The van der Waals surface area contributed by atoms with E-state index in [0.717, 1.165) is 16.8 Å². The summed E-state index contributed by atoms with van der Waals surface area (Å²) in [5.41, 5.74) is 8.88. The van der Waals surface area contributed by atoms with E-state index in [9.17, 15) is 4.39 Å². The predicted octanol–water partition coefficient (Wildman–Crippen LogP) is 4.73. The second-order valence-corrected chi connectivity index (χ2v) is 5.86. The van der Waals surface area contributed by atoms with Crippen LogP contribution in [0.25, 0.3) is 21.8 Å². The first-order chi connectivity index (χ1) is 10.2. The number of hydrogen-bond acceptors (Lipinski definition) is 3. The molecular weight excluding hydrogens is 307 g/mol. The Balaban J connectivity index is 1.97. The van der Waals surface area contributed by atoms with Gasteiger partial charge in [-0.3, -0.25) is 0 Å². The summed E-state index contributed by atoms with van der Waals surface area (Å²) in [6.45, 7) is 0.510. The van der Waals surface area contributed by atoms with Gasteiger partial charge < -0.3 is 5.73 Å². The number of aromatic nitrogens is 1. The molecule has 0 spiro atoms. The van der Waals surface area contributed by atoms with E-state index >= 15 is 0 Å². The number of halogens is 2. The van der Waals surface area contributed by atoms with E-state index in [0.29, 0.717) is 22.1 Å². The number of hydrogen-bond donors (Lipinski definition) is 1. The molecule has 1 aromatic heterocycles. The molecule has 0 bridgehead atoms. The molecule has 106 valence electrons. The SMILES string of the molecule is NCc1ccc(-c2csc(-c3cc(Cl)ccc3F)n2)cc1. The number of thiazole rings is 1. The van der Waals surface area contributed by atoms with Gasteiger partial charge in [0.25, 0.3) is 0 Å². The Bertz CT molecular complexity index is 768. The fraction of sp³-hybridized carbons (Fsp3) is 0.0625. The van der Waals surface area contributed by atoms with Gasteiger partial charge >= 0.3 is 0 Å². The fourth-order valence-corrected chi connectivity index (χ4v) is 3.02. The minimum absolute atomic E-state index is 0.321. The Labute approximate surface area is 131 Å². The van der Waals surface area contributed by atoms with Crippen LogP contribution < -0.4 is 5.73 Å². The van der Waals surface area contributed by atoms with Crippen LogP contribution in [0, 0.1) is 5.82 Å². The highest BCUT2D eigenvalue weighted by Gasteiger charge is 2.11. The molecule has 0 atom stereocenters. The molecule has 2 N–H and O–H groups in total. The first-order valence-corrected chi connectivity index (χ1v) is 7.63. The molecule has 0 saturated carbocycles. The largest absolute Gasteiger partial charge is 0.326 e. The van der Waals surface area contributed by atoms with E-state index in [1.165, 1.54) is 23.5 Å². The lowest BCUT2D eigenvalue weighted by atomic mass is 10.1. The molecule has 0 amide bonds. The summed E-state index contributed by atoms with van der Waals surface area (Å²) in [7, 11) is 0. The van der Waals surface area contributed by atoms with Gasteiger partial charge in [-0.2, -0.15) is 0 Å². The van der Waals surface area contributed by atoms with Crippen LogP contribution in [-0.2, 0) is 6.54 Å². The van der Waals surface area contributed by atoms with Gasteiger partial charge in [-0.25, -0.2) is 9.37 Å². The highest BCUT2D eigenvalue weighted by molar-refractivity contribution is 7.13. The van der Waals surface area contributed by atoms with Crippen LogP contribution in [0.1, 0.15) is 5.56 Å². The van der Waals surface area contributed by atoms with Crippen LogP contribution in [0.4, 0.5) is 4.39 Å². The Morgan fingerprint density at radius 2 is 1.90 bits per heavy atom. The summed E-state index contributed by atoms with van der Waals surface area (Å²) >= 11 is 7.32. The summed E-state index contributed by atoms with van der Waals surface area (Å²) in [5, 5.41) is 3.02. The minimum Gasteiger partial charge on any atom is -0.326 e. The third kappa shape index (κ3) is 2.97. The van der Waals surface area contributed by atoms with E-state index in [2.05, 4.69) is 4.98 Å². The minimum atomic E-state index is -0.321. The van der Waals surface area contributed by atoms with Crippen LogP contribution in [0.5, 0.6) is 0 Å². The number of nitrogens with two attached hydrogens (primary N) is 1. The number of nitrogens with zero attached hydrogens (tertiary/aromatic N) is 1. The van der Waals surface area contributed by atoms with Crippen molar-refractivity contribution < 1.29 is 4.39 Å². The molecule has 2 aromatic carbocycles. The molecule has 0 aliphatic rings. The maximum absolute atomic E-state index is 13.9. The van der Waals surface area contributed by atoms with Crippen LogP contribution in [0.3, 0.4) is 0 Å². The van der Waals surface area contributed by atoms with Gasteiger partial charge in [0.05, 0.1) is 5.69 Å². The van der Waals surface area contributed by atoms with E-state index in [1.54, 1.807) is 6.07 Å². The van der Waals surface area contributed by atoms with Crippen molar-refractivity contribution in [2.24, 2.45) is 5.73 Å². The van der Waals surface area contributed by atoms with E-state index < -0.39 is 0 Å². The van der Waals surface area contributed by atoms with E-state index in [4.69, 9.17) is 17.3 Å². The summed E-state index contributed by atoms with van der Waals surface area (Å²) in [4.78, 5) is 4.50. The highest BCUT2D eigenvalue weighted by atomic mass is 35.5. The summed E-state index contributed by atoms with van der Waals surface area (Å²) in [6.07, 6.45) is 0. The second kappa shape index (κ2) is 5.93. The zero-order valence-electron chi connectivity index (χ0n) is 11.0. The Morgan fingerprint density at radius 1 is 1.14 bits per heavy atom. The molecule has 0 aliphatic carbocycles.